The monoisotopic (exact) mass is 227 g/mol. The van der Waals surface area contributed by atoms with E-state index in [1.165, 1.54) is 0 Å². The van der Waals surface area contributed by atoms with Crippen LogP contribution in [0.4, 0.5) is 0 Å². The van der Waals surface area contributed by atoms with Gasteiger partial charge in [0.05, 0.1) is 6.10 Å². The van der Waals surface area contributed by atoms with Gasteiger partial charge in [0.2, 0.25) is 5.91 Å². The molecule has 1 aliphatic heterocycles. The van der Waals surface area contributed by atoms with Crippen molar-refractivity contribution in [1.82, 2.24) is 5.32 Å². The summed E-state index contributed by atoms with van der Waals surface area (Å²) in [5, 5.41) is 12.6. The van der Waals surface area contributed by atoms with Gasteiger partial charge in [-0.15, -0.1) is 0 Å². The predicted octanol–water partition coefficient (Wildman–Crippen LogP) is 0.687. The fourth-order valence-corrected chi connectivity index (χ4v) is 2.43. The summed E-state index contributed by atoms with van der Waals surface area (Å²) in [6.45, 7) is 6.67. The Labute approximate surface area is 96.4 Å². The largest absolute Gasteiger partial charge is 0.392 e. The molecule has 0 aromatic carbocycles. The first-order valence-electron chi connectivity index (χ1n) is 6.03. The molecule has 4 atom stereocenters. The van der Waals surface area contributed by atoms with E-state index in [4.69, 9.17) is 4.74 Å². The predicted molar refractivity (Wildman–Crippen MR) is 59.9 cm³/mol. The maximum absolute atomic E-state index is 11.9. The van der Waals surface area contributed by atoms with Gasteiger partial charge >= 0.3 is 0 Å². The molecular weight excluding hydrogens is 206 g/mol. The van der Waals surface area contributed by atoms with Crippen LogP contribution in [0.2, 0.25) is 0 Å². The van der Waals surface area contributed by atoms with Crippen molar-refractivity contribution < 1.29 is 14.6 Å². The molecule has 1 heterocycles. The Bertz CT molecular complexity index is 290. The molecule has 1 aliphatic carbocycles. The molecule has 92 valence electrons. The molecule has 0 radical (unpaired) electrons. The Balaban J connectivity index is 1.89. The second-order valence-electron chi connectivity index (χ2n) is 5.69. The molecule has 1 amide bonds. The molecule has 0 spiro atoms. The van der Waals surface area contributed by atoms with Crippen LogP contribution in [0.1, 0.15) is 33.6 Å². The van der Waals surface area contributed by atoms with Crippen LogP contribution >= 0.6 is 0 Å². The smallest absolute Gasteiger partial charge is 0.249 e. The van der Waals surface area contributed by atoms with Gasteiger partial charge in [-0.3, -0.25) is 4.79 Å². The normalized spacial score (nSPS) is 41.5. The van der Waals surface area contributed by atoms with E-state index in [1.54, 1.807) is 0 Å². The maximum atomic E-state index is 11.9. The van der Waals surface area contributed by atoms with Gasteiger partial charge < -0.3 is 15.2 Å². The van der Waals surface area contributed by atoms with Crippen LogP contribution in [0.25, 0.3) is 0 Å². The van der Waals surface area contributed by atoms with Crippen molar-refractivity contribution in [3.63, 3.8) is 0 Å². The number of hydrogen-bond donors (Lipinski definition) is 2. The molecule has 2 rings (SSSR count). The highest BCUT2D eigenvalue weighted by atomic mass is 16.5. The van der Waals surface area contributed by atoms with E-state index in [0.29, 0.717) is 18.9 Å². The SMILES string of the molecule is CC1CCOC1C(=O)NC1CC(O)C1(C)C. The standard InChI is InChI=1S/C12H21NO3/c1-7-4-5-16-10(7)11(15)13-8-6-9(14)12(8,2)3/h7-10,14H,4-6H2,1-3H3,(H,13,15). The minimum atomic E-state index is -0.306. The quantitative estimate of drug-likeness (QED) is 0.729. The second kappa shape index (κ2) is 4.00. The molecule has 2 fully saturated rings. The highest BCUT2D eigenvalue weighted by molar-refractivity contribution is 5.81. The summed E-state index contributed by atoms with van der Waals surface area (Å²) < 4.78 is 5.42. The summed E-state index contributed by atoms with van der Waals surface area (Å²) >= 11 is 0. The molecule has 16 heavy (non-hydrogen) atoms. The van der Waals surface area contributed by atoms with E-state index in [0.717, 1.165) is 6.42 Å². The average molecular weight is 227 g/mol. The number of rotatable bonds is 2. The van der Waals surface area contributed by atoms with E-state index in [2.05, 4.69) is 5.32 Å². The summed E-state index contributed by atoms with van der Waals surface area (Å²) in [5.41, 5.74) is -0.211. The molecule has 4 unspecified atom stereocenters. The zero-order chi connectivity index (χ0) is 11.9. The number of hydrogen-bond acceptors (Lipinski definition) is 3. The molecule has 0 bridgehead atoms. The lowest BCUT2D eigenvalue weighted by Crippen LogP contribution is -2.62. The molecule has 4 nitrogen and oxygen atoms in total. The van der Waals surface area contributed by atoms with Crippen molar-refractivity contribution >= 4 is 5.91 Å². The van der Waals surface area contributed by atoms with Gasteiger partial charge in [-0.25, -0.2) is 0 Å². The molecule has 0 aromatic rings. The molecule has 2 N–H and O–H groups in total. The third-order valence-corrected chi connectivity index (χ3v) is 4.18. The topological polar surface area (TPSA) is 58.6 Å². The summed E-state index contributed by atoms with van der Waals surface area (Å²) in [6.07, 6.45) is 1.00. The van der Waals surface area contributed by atoms with Crippen molar-refractivity contribution in [3.05, 3.63) is 0 Å². The van der Waals surface area contributed by atoms with Crippen LogP contribution in [0.5, 0.6) is 0 Å². The Morgan fingerprint density at radius 1 is 1.50 bits per heavy atom. The van der Waals surface area contributed by atoms with Crippen LogP contribution in [-0.4, -0.2) is 35.9 Å². The van der Waals surface area contributed by atoms with Gasteiger partial charge in [0.1, 0.15) is 6.10 Å². The third-order valence-electron chi connectivity index (χ3n) is 4.18. The van der Waals surface area contributed by atoms with Crippen molar-refractivity contribution in [2.75, 3.05) is 6.61 Å². The van der Waals surface area contributed by atoms with E-state index in [1.807, 2.05) is 20.8 Å². The fraction of sp³-hybridized carbons (Fsp3) is 0.917. The van der Waals surface area contributed by atoms with Crippen molar-refractivity contribution in [2.45, 2.75) is 51.9 Å². The summed E-state index contributed by atoms with van der Waals surface area (Å²) in [7, 11) is 0. The third kappa shape index (κ3) is 1.84. The van der Waals surface area contributed by atoms with E-state index < -0.39 is 0 Å². The number of carbonyl (C=O) groups is 1. The lowest BCUT2D eigenvalue weighted by atomic mass is 9.64. The van der Waals surface area contributed by atoms with E-state index in [-0.39, 0.29) is 29.6 Å². The molecule has 1 saturated heterocycles. The molecular formula is C12H21NO3. The summed E-state index contributed by atoms with van der Waals surface area (Å²) in [6, 6.07) is 0.0754. The molecule has 1 saturated carbocycles. The van der Waals surface area contributed by atoms with Crippen LogP contribution in [0.15, 0.2) is 0 Å². The second-order valence-corrected chi connectivity index (χ2v) is 5.69. The van der Waals surface area contributed by atoms with Gasteiger partial charge in [-0.2, -0.15) is 0 Å². The first-order valence-corrected chi connectivity index (χ1v) is 6.03. The van der Waals surface area contributed by atoms with E-state index in [9.17, 15) is 9.90 Å². The zero-order valence-corrected chi connectivity index (χ0v) is 10.2. The fourth-order valence-electron chi connectivity index (χ4n) is 2.43. The number of aliphatic hydroxyl groups excluding tert-OH is 1. The lowest BCUT2D eigenvalue weighted by molar-refractivity contribution is -0.139. The first kappa shape index (κ1) is 11.9. The van der Waals surface area contributed by atoms with Gasteiger partial charge in [0.15, 0.2) is 0 Å². The minimum absolute atomic E-state index is 0.0185. The van der Waals surface area contributed by atoms with Gasteiger partial charge in [-0.1, -0.05) is 20.8 Å². The molecule has 4 heteroatoms. The Morgan fingerprint density at radius 3 is 2.62 bits per heavy atom. The van der Waals surface area contributed by atoms with Crippen molar-refractivity contribution in [3.8, 4) is 0 Å². The molecule has 2 aliphatic rings. The average Bonchev–Trinajstić information content (AvgIpc) is 2.64. The first-order chi connectivity index (χ1) is 7.43. The Hall–Kier alpha value is -0.610. The van der Waals surface area contributed by atoms with Crippen LogP contribution < -0.4 is 5.32 Å². The van der Waals surface area contributed by atoms with Gasteiger partial charge in [0.25, 0.3) is 0 Å². The lowest BCUT2D eigenvalue weighted by Gasteiger charge is -2.49. The number of amides is 1. The highest BCUT2D eigenvalue weighted by Crippen LogP contribution is 2.40. The highest BCUT2D eigenvalue weighted by Gasteiger charge is 2.48. The number of ether oxygens (including phenoxy) is 1. The zero-order valence-electron chi connectivity index (χ0n) is 10.2. The Morgan fingerprint density at radius 2 is 2.19 bits per heavy atom. The van der Waals surface area contributed by atoms with Crippen molar-refractivity contribution in [1.29, 1.82) is 0 Å². The van der Waals surface area contributed by atoms with Crippen molar-refractivity contribution in [2.24, 2.45) is 11.3 Å². The molecule has 0 aromatic heterocycles. The summed E-state index contributed by atoms with van der Waals surface area (Å²) in [4.78, 5) is 11.9. The number of carbonyl (C=O) groups excluding carboxylic acids is 1. The minimum Gasteiger partial charge on any atom is -0.392 e. The Kier molecular flexibility index (Phi) is 2.97. The van der Waals surface area contributed by atoms with Gasteiger partial charge in [0, 0.05) is 18.1 Å². The number of nitrogens with one attached hydrogen (secondary N) is 1. The van der Waals surface area contributed by atoms with Crippen LogP contribution in [0, 0.1) is 11.3 Å². The maximum Gasteiger partial charge on any atom is 0.249 e. The number of aliphatic hydroxyl groups is 1. The summed E-state index contributed by atoms with van der Waals surface area (Å²) in [5.74, 6) is 0.281. The van der Waals surface area contributed by atoms with Gasteiger partial charge in [-0.05, 0) is 18.8 Å². The van der Waals surface area contributed by atoms with Crippen LogP contribution in [0.3, 0.4) is 0 Å². The van der Waals surface area contributed by atoms with Crippen LogP contribution in [-0.2, 0) is 9.53 Å². The van der Waals surface area contributed by atoms with E-state index >= 15 is 0 Å².